The number of aryl methyl sites for hydroxylation is 1. The number of fused-ring (bicyclic) bond motifs is 1. The summed E-state index contributed by atoms with van der Waals surface area (Å²) in [7, 11) is -2.11. The van der Waals surface area contributed by atoms with Gasteiger partial charge in [0.1, 0.15) is 11.8 Å². The van der Waals surface area contributed by atoms with Gasteiger partial charge in [-0.1, -0.05) is 12.1 Å². The Morgan fingerprint density at radius 3 is 2.44 bits per heavy atom. The van der Waals surface area contributed by atoms with Gasteiger partial charge >= 0.3 is 0 Å². The number of hydrogen-bond acceptors (Lipinski definition) is 6. The number of rotatable bonds is 6. The van der Waals surface area contributed by atoms with E-state index in [2.05, 4.69) is 5.32 Å². The van der Waals surface area contributed by atoms with Gasteiger partial charge in [-0.3, -0.25) is 14.2 Å². The molecule has 1 atom stereocenters. The van der Waals surface area contributed by atoms with E-state index >= 15 is 0 Å². The van der Waals surface area contributed by atoms with Crippen molar-refractivity contribution in [2.45, 2.75) is 24.8 Å². The van der Waals surface area contributed by atoms with Crippen molar-refractivity contribution in [3.63, 3.8) is 0 Å². The highest BCUT2D eigenvalue weighted by Gasteiger charge is 2.26. The quantitative estimate of drug-likeness (QED) is 0.575. The van der Waals surface area contributed by atoms with Gasteiger partial charge in [-0.2, -0.15) is 4.31 Å². The van der Waals surface area contributed by atoms with Gasteiger partial charge in [-0.05, 0) is 49.7 Å². The number of carbonyl (C=O) groups is 1. The molecule has 3 aromatic rings. The predicted molar refractivity (Wildman–Crippen MR) is 129 cm³/mol. The molecule has 1 fully saturated rings. The molecule has 1 amide bonds. The summed E-state index contributed by atoms with van der Waals surface area (Å²) in [5.74, 6) is 0.0811. The highest BCUT2D eigenvalue weighted by Crippen LogP contribution is 2.29. The number of morpholine rings is 1. The lowest BCUT2D eigenvalue weighted by atomic mass is 10.1. The number of carbonyl (C=O) groups excluding carboxylic acids is 1. The number of anilines is 1. The highest BCUT2D eigenvalue weighted by atomic mass is 32.2. The molecule has 2 heterocycles. The number of aromatic nitrogens is 1. The van der Waals surface area contributed by atoms with Crippen molar-refractivity contribution in [3.8, 4) is 5.75 Å². The van der Waals surface area contributed by atoms with Crippen molar-refractivity contribution in [2.24, 2.45) is 0 Å². The zero-order valence-electron chi connectivity index (χ0n) is 19.3. The van der Waals surface area contributed by atoms with Gasteiger partial charge in [0.2, 0.25) is 15.9 Å². The van der Waals surface area contributed by atoms with Gasteiger partial charge < -0.3 is 14.8 Å². The SMILES string of the molecule is COc1cccc2c(C)cc(=O)n(C(C)C(=O)Nc3ccc(S(=O)(=O)N4CCOCC4)cc3)c12. The van der Waals surface area contributed by atoms with E-state index in [0.717, 1.165) is 10.9 Å². The maximum absolute atomic E-state index is 13.1. The lowest BCUT2D eigenvalue weighted by Crippen LogP contribution is -2.40. The molecule has 1 aliphatic rings. The molecule has 1 aromatic heterocycles. The van der Waals surface area contributed by atoms with Crippen LogP contribution in [0.1, 0.15) is 18.5 Å². The number of para-hydroxylation sites is 1. The van der Waals surface area contributed by atoms with Gasteiger partial charge in [-0.15, -0.1) is 0 Å². The Morgan fingerprint density at radius 2 is 1.79 bits per heavy atom. The van der Waals surface area contributed by atoms with Gasteiger partial charge in [0.05, 0.1) is 30.7 Å². The van der Waals surface area contributed by atoms with Crippen LogP contribution in [0.25, 0.3) is 10.9 Å². The molecule has 0 bridgehead atoms. The fourth-order valence-corrected chi connectivity index (χ4v) is 5.50. The van der Waals surface area contributed by atoms with Crippen LogP contribution in [0.4, 0.5) is 5.69 Å². The van der Waals surface area contributed by atoms with Crippen molar-refractivity contribution < 1.29 is 22.7 Å². The second-order valence-electron chi connectivity index (χ2n) is 8.10. The maximum Gasteiger partial charge on any atom is 0.252 e. The lowest BCUT2D eigenvalue weighted by Gasteiger charge is -2.26. The van der Waals surface area contributed by atoms with E-state index in [0.29, 0.717) is 43.3 Å². The van der Waals surface area contributed by atoms with E-state index in [1.54, 1.807) is 13.0 Å². The Bertz CT molecular complexity index is 1380. The van der Waals surface area contributed by atoms with Gasteiger partial charge in [0, 0.05) is 30.2 Å². The molecule has 2 aromatic carbocycles. The summed E-state index contributed by atoms with van der Waals surface area (Å²) in [6, 6.07) is 12.1. The number of ether oxygens (including phenoxy) is 2. The Morgan fingerprint density at radius 1 is 1.12 bits per heavy atom. The molecule has 4 rings (SSSR count). The van der Waals surface area contributed by atoms with Crippen molar-refractivity contribution >= 4 is 32.5 Å². The van der Waals surface area contributed by atoms with E-state index in [1.807, 2.05) is 19.1 Å². The summed E-state index contributed by atoms with van der Waals surface area (Å²) in [6.45, 7) is 4.81. The number of sulfonamides is 1. The Labute approximate surface area is 197 Å². The Balaban J connectivity index is 1.59. The van der Waals surface area contributed by atoms with Crippen molar-refractivity contribution in [1.29, 1.82) is 0 Å². The third kappa shape index (κ3) is 4.44. The fraction of sp³-hybridized carbons (Fsp3) is 0.333. The molecule has 0 radical (unpaired) electrons. The molecule has 1 saturated heterocycles. The zero-order valence-corrected chi connectivity index (χ0v) is 20.1. The first-order valence-corrected chi connectivity index (χ1v) is 12.4. The first-order valence-electron chi connectivity index (χ1n) is 10.9. The number of amides is 1. The fourth-order valence-electron chi connectivity index (χ4n) is 4.09. The molecular formula is C24H27N3O6S. The van der Waals surface area contributed by atoms with Crippen molar-refractivity contribution in [3.05, 3.63) is 64.4 Å². The standard InChI is InChI=1S/C24H27N3O6S/c1-16-15-22(28)27(23-20(16)5-4-6-21(23)32-3)17(2)24(29)25-18-7-9-19(10-8-18)34(30,31)26-11-13-33-14-12-26/h4-10,15,17H,11-14H2,1-3H3,(H,25,29). The van der Waals surface area contributed by atoms with Crippen molar-refractivity contribution in [1.82, 2.24) is 8.87 Å². The van der Waals surface area contributed by atoms with E-state index in [4.69, 9.17) is 9.47 Å². The molecule has 0 saturated carbocycles. The second-order valence-corrected chi connectivity index (χ2v) is 10.0. The van der Waals surface area contributed by atoms with Crippen molar-refractivity contribution in [2.75, 3.05) is 38.7 Å². The maximum atomic E-state index is 13.1. The number of benzene rings is 2. The molecule has 0 aliphatic carbocycles. The summed E-state index contributed by atoms with van der Waals surface area (Å²) in [6.07, 6.45) is 0. The molecule has 1 unspecified atom stereocenters. The van der Waals surface area contributed by atoms with Crippen LogP contribution in [-0.4, -0.2) is 56.6 Å². The second kappa shape index (κ2) is 9.57. The summed E-state index contributed by atoms with van der Waals surface area (Å²) in [5.41, 5.74) is 1.45. The average molecular weight is 486 g/mol. The minimum atomic E-state index is -3.63. The van der Waals surface area contributed by atoms with Gasteiger partial charge in [0.25, 0.3) is 5.56 Å². The summed E-state index contributed by atoms with van der Waals surface area (Å²) >= 11 is 0. The monoisotopic (exact) mass is 485 g/mol. The van der Waals surface area contributed by atoms with Crippen LogP contribution in [0.3, 0.4) is 0 Å². The molecular weight excluding hydrogens is 458 g/mol. The van der Waals surface area contributed by atoms with Crippen LogP contribution >= 0.6 is 0 Å². The lowest BCUT2D eigenvalue weighted by molar-refractivity contribution is -0.118. The van der Waals surface area contributed by atoms with Crippen LogP contribution in [0.15, 0.2) is 58.2 Å². The first-order chi connectivity index (χ1) is 16.2. The zero-order chi connectivity index (χ0) is 24.5. The van der Waals surface area contributed by atoms with Crippen LogP contribution in [0, 0.1) is 6.92 Å². The van der Waals surface area contributed by atoms with Gasteiger partial charge in [0.15, 0.2) is 0 Å². The van der Waals surface area contributed by atoms with Crippen LogP contribution in [0.2, 0.25) is 0 Å². The molecule has 1 aliphatic heterocycles. The average Bonchev–Trinajstić information content (AvgIpc) is 2.84. The number of pyridine rings is 1. The Kier molecular flexibility index (Phi) is 6.74. The summed E-state index contributed by atoms with van der Waals surface area (Å²) in [4.78, 5) is 26.1. The van der Waals surface area contributed by atoms with Crippen LogP contribution in [-0.2, 0) is 19.6 Å². The van der Waals surface area contributed by atoms with Gasteiger partial charge in [-0.25, -0.2) is 8.42 Å². The molecule has 180 valence electrons. The minimum absolute atomic E-state index is 0.144. The first kappa shape index (κ1) is 23.9. The third-order valence-electron chi connectivity index (χ3n) is 5.96. The van der Waals surface area contributed by atoms with Crippen LogP contribution < -0.4 is 15.6 Å². The predicted octanol–water partition coefficient (Wildman–Crippen LogP) is 2.54. The Hall–Kier alpha value is -3.21. The molecule has 34 heavy (non-hydrogen) atoms. The minimum Gasteiger partial charge on any atom is -0.495 e. The number of methoxy groups -OCH3 is 1. The highest BCUT2D eigenvalue weighted by molar-refractivity contribution is 7.89. The normalized spacial score (nSPS) is 15.7. The molecule has 1 N–H and O–H groups in total. The largest absolute Gasteiger partial charge is 0.495 e. The topological polar surface area (TPSA) is 107 Å². The number of nitrogens with zero attached hydrogens (tertiary/aromatic N) is 2. The van der Waals surface area contributed by atoms with E-state index in [-0.39, 0.29) is 10.5 Å². The molecule has 0 spiro atoms. The molecule has 10 heteroatoms. The van der Waals surface area contributed by atoms with E-state index in [1.165, 1.54) is 46.3 Å². The third-order valence-corrected chi connectivity index (χ3v) is 7.87. The summed E-state index contributed by atoms with van der Waals surface area (Å²) in [5, 5.41) is 3.59. The summed E-state index contributed by atoms with van der Waals surface area (Å²) < 4.78 is 39.1. The molecule has 9 nitrogen and oxygen atoms in total. The van der Waals surface area contributed by atoms with Crippen LogP contribution in [0.5, 0.6) is 5.75 Å². The van der Waals surface area contributed by atoms with E-state index < -0.39 is 22.0 Å². The smallest absolute Gasteiger partial charge is 0.252 e. The number of hydrogen-bond donors (Lipinski definition) is 1. The number of nitrogens with one attached hydrogen (secondary N) is 1. The van der Waals surface area contributed by atoms with E-state index in [9.17, 15) is 18.0 Å².